The Labute approximate surface area is 447 Å². The second kappa shape index (κ2) is 54.5. The van der Waals surface area contributed by atoms with Crippen LogP contribution in [0.2, 0.25) is 0 Å². The number of carbonyl (C=O) groups excluding carboxylic acids is 2. The molecule has 9 nitrogen and oxygen atoms in total. The third-order valence-electron chi connectivity index (χ3n) is 14.3. The van der Waals surface area contributed by atoms with E-state index in [2.05, 4.69) is 26.0 Å². The molecule has 0 aliphatic heterocycles. The molecule has 0 saturated heterocycles. The van der Waals surface area contributed by atoms with Gasteiger partial charge in [0.2, 0.25) is 0 Å². The number of likely N-dealkylation sites (N-methyl/N-ethyl adjacent to an activating group) is 1. The first-order valence-corrected chi connectivity index (χ1v) is 32.9. The van der Waals surface area contributed by atoms with Crippen molar-refractivity contribution in [3.63, 3.8) is 0 Å². The van der Waals surface area contributed by atoms with Crippen LogP contribution in [-0.2, 0) is 32.7 Å². The molecule has 0 rings (SSSR count). The van der Waals surface area contributed by atoms with Gasteiger partial charge in [-0.25, -0.2) is 0 Å². The van der Waals surface area contributed by atoms with E-state index in [1.807, 2.05) is 21.1 Å². The van der Waals surface area contributed by atoms with Crippen molar-refractivity contribution in [2.75, 3.05) is 47.5 Å². The van der Waals surface area contributed by atoms with Crippen LogP contribution >= 0.6 is 7.82 Å². The molecule has 0 heterocycles. The Morgan fingerprint density at radius 1 is 0.417 bits per heavy atom. The molecule has 428 valence electrons. The molecule has 0 fully saturated rings. The highest BCUT2D eigenvalue weighted by Gasteiger charge is 2.22. The topological polar surface area (TPSA) is 111 Å². The zero-order valence-corrected chi connectivity index (χ0v) is 49.6. The monoisotopic (exact) mass is 1040 g/mol. The zero-order valence-electron chi connectivity index (χ0n) is 48.7. The molecular weight excluding hydrogens is 918 g/mol. The fourth-order valence-electron chi connectivity index (χ4n) is 9.42. The predicted octanol–water partition coefficient (Wildman–Crippen LogP) is 19.0. The van der Waals surface area contributed by atoms with Gasteiger partial charge in [-0.2, -0.15) is 0 Å². The summed E-state index contributed by atoms with van der Waals surface area (Å²) >= 11 is 0. The van der Waals surface area contributed by atoms with Crippen LogP contribution < -0.4 is 4.89 Å². The molecule has 0 aliphatic rings. The Bertz CT molecular complexity index is 1220. The quantitative estimate of drug-likeness (QED) is 0.0195. The molecular formula is C62H122NO8P. The molecule has 0 radical (unpaired) electrons. The SMILES string of the molecule is CCCCCCCCCC/C=C\CCCCCCCCCCCCCCCCCCCCCCCCCCCCCCCC(=O)OC(COC(=O)CCCCCCCCC)COP(=O)([O-])OCC[N+](C)(C)C. The number of quaternary nitrogens is 1. The number of hydrogen-bond donors (Lipinski definition) is 0. The van der Waals surface area contributed by atoms with E-state index < -0.39 is 26.5 Å². The molecule has 2 unspecified atom stereocenters. The highest BCUT2D eigenvalue weighted by Crippen LogP contribution is 2.38. The number of ether oxygens (including phenoxy) is 2. The lowest BCUT2D eigenvalue weighted by atomic mass is 10.0. The van der Waals surface area contributed by atoms with Crippen LogP contribution in [0.15, 0.2) is 12.2 Å². The predicted molar refractivity (Wildman–Crippen MR) is 305 cm³/mol. The molecule has 0 aromatic rings. The third-order valence-corrected chi connectivity index (χ3v) is 15.2. The summed E-state index contributed by atoms with van der Waals surface area (Å²) in [6.45, 7) is 4.23. The molecule has 10 heteroatoms. The van der Waals surface area contributed by atoms with Gasteiger partial charge in [0.15, 0.2) is 6.10 Å². The minimum Gasteiger partial charge on any atom is -0.756 e. The average molecular weight is 1040 g/mol. The number of phosphoric acid groups is 1. The van der Waals surface area contributed by atoms with Gasteiger partial charge in [0.25, 0.3) is 7.82 Å². The normalized spacial score (nSPS) is 13.2. The van der Waals surface area contributed by atoms with Crippen molar-refractivity contribution in [1.82, 2.24) is 0 Å². The molecule has 0 amide bonds. The Morgan fingerprint density at radius 3 is 1.03 bits per heavy atom. The molecule has 0 aromatic carbocycles. The van der Waals surface area contributed by atoms with Gasteiger partial charge in [-0.1, -0.05) is 283 Å². The molecule has 0 bridgehead atoms. The zero-order chi connectivity index (χ0) is 52.7. The van der Waals surface area contributed by atoms with Crippen LogP contribution in [0, 0.1) is 0 Å². The number of carbonyl (C=O) groups is 2. The minimum absolute atomic E-state index is 0.0264. The van der Waals surface area contributed by atoms with Gasteiger partial charge < -0.3 is 27.9 Å². The van der Waals surface area contributed by atoms with Gasteiger partial charge in [-0.3, -0.25) is 14.2 Å². The number of unbranched alkanes of at least 4 members (excludes halogenated alkanes) is 43. The van der Waals surface area contributed by atoms with E-state index in [4.69, 9.17) is 18.5 Å². The van der Waals surface area contributed by atoms with Gasteiger partial charge in [0.1, 0.15) is 19.8 Å². The average Bonchev–Trinajstić information content (AvgIpc) is 3.34. The number of phosphoric ester groups is 1. The Balaban J connectivity index is 3.70. The highest BCUT2D eigenvalue weighted by atomic mass is 31.2. The van der Waals surface area contributed by atoms with E-state index in [1.165, 1.54) is 257 Å². The molecule has 0 spiro atoms. The first-order valence-electron chi connectivity index (χ1n) is 31.4. The van der Waals surface area contributed by atoms with E-state index in [0.29, 0.717) is 17.4 Å². The summed E-state index contributed by atoms with van der Waals surface area (Å²) in [5, 5.41) is 0. The van der Waals surface area contributed by atoms with Crippen LogP contribution in [0.25, 0.3) is 0 Å². The van der Waals surface area contributed by atoms with Gasteiger partial charge in [0, 0.05) is 12.8 Å². The van der Waals surface area contributed by atoms with Crippen LogP contribution in [-0.4, -0.2) is 70.0 Å². The van der Waals surface area contributed by atoms with Crippen LogP contribution in [0.4, 0.5) is 0 Å². The van der Waals surface area contributed by atoms with Crippen molar-refractivity contribution in [3.8, 4) is 0 Å². The summed E-state index contributed by atoms with van der Waals surface area (Å²) in [7, 11) is 1.18. The molecule has 0 saturated carbocycles. The molecule has 0 N–H and O–H groups in total. The molecule has 0 aromatic heterocycles. The van der Waals surface area contributed by atoms with Gasteiger partial charge >= 0.3 is 11.9 Å². The smallest absolute Gasteiger partial charge is 0.306 e. The summed E-state index contributed by atoms with van der Waals surface area (Å²) in [6, 6.07) is 0. The van der Waals surface area contributed by atoms with Gasteiger partial charge in [0.05, 0.1) is 27.7 Å². The summed E-state index contributed by atoms with van der Waals surface area (Å²) < 4.78 is 33.9. The molecule has 2 atom stereocenters. The van der Waals surface area contributed by atoms with E-state index in [0.717, 1.165) is 32.1 Å². The number of esters is 2. The maximum atomic E-state index is 12.7. The van der Waals surface area contributed by atoms with Crippen molar-refractivity contribution < 1.29 is 42.1 Å². The second-order valence-electron chi connectivity index (χ2n) is 22.8. The largest absolute Gasteiger partial charge is 0.756 e. The van der Waals surface area contributed by atoms with Crippen molar-refractivity contribution >= 4 is 19.8 Å². The maximum Gasteiger partial charge on any atom is 0.306 e. The van der Waals surface area contributed by atoms with E-state index in [1.54, 1.807) is 0 Å². The summed E-state index contributed by atoms with van der Waals surface area (Å²) in [5.41, 5.74) is 0. The standard InChI is InChI=1S/C62H122NO8P/c1-6-8-10-12-14-15-16-17-18-19-20-21-22-23-24-25-26-27-28-29-30-31-32-33-34-35-36-37-38-39-40-41-42-43-44-45-46-47-49-51-53-55-62(65)71-60(59-70-72(66,67)69-57-56-63(3,4)5)58-68-61(64)54-52-50-48-13-11-9-7-2/h19-20,60H,6-18,21-59H2,1-5H3/b20-19-. The second-order valence-corrected chi connectivity index (χ2v) is 24.2. The summed E-state index contributed by atoms with van der Waals surface area (Å²) in [5.74, 6) is -0.824. The van der Waals surface area contributed by atoms with Crippen molar-refractivity contribution in [1.29, 1.82) is 0 Å². The lowest BCUT2D eigenvalue weighted by molar-refractivity contribution is -0.870. The lowest BCUT2D eigenvalue weighted by Gasteiger charge is -2.28. The van der Waals surface area contributed by atoms with Crippen LogP contribution in [0.3, 0.4) is 0 Å². The number of hydrogen-bond acceptors (Lipinski definition) is 8. The molecule has 0 aliphatic carbocycles. The fraction of sp³-hybridized carbons (Fsp3) is 0.935. The third kappa shape index (κ3) is 58.0. The highest BCUT2D eigenvalue weighted by molar-refractivity contribution is 7.45. The van der Waals surface area contributed by atoms with Crippen molar-refractivity contribution in [2.45, 2.75) is 328 Å². The number of allylic oxidation sites excluding steroid dienone is 2. The maximum absolute atomic E-state index is 12.7. The Morgan fingerprint density at radius 2 is 0.708 bits per heavy atom. The Hall–Kier alpha value is -1.25. The number of nitrogens with zero attached hydrogens (tertiary/aromatic N) is 1. The van der Waals surface area contributed by atoms with E-state index in [9.17, 15) is 19.0 Å². The first-order chi connectivity index (χ1) is 35.0. The van der Waals surface area contributed by atoms with E-state index >= 15 is 0 Å². The van der Waals surface area contributed by atoms with Crippen molar-refractivity contribution in [2.24, 2.45) is 0 Å². The fourth-order valence-corrected chi connectivity index (χ4v) is 10.1. The Kier molecular flexibility index (Phi) is 53.6. The van der Waals surface area contributed by atoms with Crippen LogP contribution in [0.5, 0.6) is 0 Å². The first kappa shape index (κ1) is 70.8. The van der Waals surface area contributed by atoms with E-state index in [-0.39, 0.29) is 32.0 Å². The number of rotatable bonds is 59. The van der Waals surface area contributed by atoms with Crippen molar-refractivity contribution in [3.05, 3.63) is 12.2 Å². The summed E-state index contributed by atoms with van der Waals surface area (Å²) in [4.78, 5) is 37.5. The molecule has 72 heavy (non-hydrogen) atoms. The minimum atomic E-state index is -4.62. The summed E-state index contributed by atoms with van der Waals surface area (Å²) in [6.07, 6.45) is 64.9. The van der Waals surface area contributed by atoms with Crippen LogP contribution in [0.1, 0.15) is 322 Å². The van der Waals surface area contributed by atoms with Gasteiger partial charge in [-0.15, -0.1) is 0 Å². The lowest BCUT2D eigenvalue weighted by Crippen LogP contribution is -2.37. The van der Waals surface area contributed by atoms with Gasteiger partial charge in [-0.05, 0) is 38.5 Å².